The molecule has 0 aromatic rings. The number of halogens is 1. The standard InChI is InChI=1S/C9H11BrO/c10-7-4-8(11)6-9(5-7)2-1-3-9/h4H,1-3,5-6H2. The molecule has 2 rings (SSSR count). The van der Waals surface area contributed by atoms with Crippen LogP contribution in [0.3, 0.4) is 0 Å². The highest BCUT2D eigenvalue weighted by Gasteiger charge is 2.40. The maximum atomic E-state index is 11.2. The lowest BCUT2D eigenvalue weighted by Gasteiger charge is -2.43. The fourth-order valence-electron chi connectivity index (χ4n) is 2.10. The van der Waals surface area contributed by atoms with Gasteiger partial charge in [0.25, 0.3) is 0 Å². The van der Waals surface area contributed by atoms with E-state index >= 15 is 0 Å². The molecular formula is C9H11BrO. The Morgan fingerprint density at radius 1 is 1.36 bits per heavy atom. The SMILES string of the molecule is O=C1C=C(Br)CC2(CCC2)C1. The summed E-state index contributed by atoms with van der Waals surface area (Å²) >= 11 is 3.42. The first-order valence-corrected chi connectivity index (χ1v) is 4.88. The van der Waals surface area contributed by atoms with Crippen molar-refractivity contribution in [3.8, 4) is 0 Å². The number of hydrogen-bond acceptors (Lipinski definition) is 1. The van der Waals surface area contributed by atoms with Crippen molar-refractivity contribution in [1.82, 2.24) is 0 Å². The summed E-state index contributed by atoms with van der Waals surface area (Å²) in [6.45, 7) is 0. The Morgan fingerprint density at radius 3 is 2.55 bits per heavy atom. The van der Waals surface area contributed by atoms with E-state index in [0.717, 1.165) is 17.3 Å². The largest absolute Gasteiger partial charge is 0.295 e. The second-order valence-electron chi connectivity index (χ2n) is 3.76. The zero-order valence-electron chi connectivity index (χ0n) is 6.40. The van der Waals surface area contributed by atoms with Gasteiger partial charge in [-0.3, -0.25) is 4.79 Å². The Kier molecular flexibility index (Phi) is 1.67. The summed E-state index contributed by atoms with van der Waals surface area (Å²) in [6.07, 6.45) is 7.45. The van der Waals surface area contributed by atoms with E-state index in [-0.39, 0.29) is 0 Å². The molecule has 0 atom stereocenters. The van der Waals surface area contributed by atoms with E-state index in [1.807, 2.05) is 0 Å². The molecule has 60 valence electrons. The summed E-state index contributed by atoms with van der Waals surface area (Å²) in [5.74, 6) is 0.308. The van der Waals surface area contributed by atoms with Crippen LogP contribution in [0.25, 0.3) is 0 Å². The van der Waals surface area contributed by atoms with E-state index in [9.17, 15) is 4.79 Å². The highest BCUT2D eigenvalue weighted by Crippen LogP contribution is 2.51. The lowest BCUT2D eigenvalue weighted by Crippen LogP contribution is -2.33. The number of rotatable bonds is 0. The average molecular weight is 215 g/mol. The lowest BCUT2D eigenvalue weighted by atomic mass is 9.62. The second-order valence-corrected chi connectivity index (χ2v) is 4.78. The van der Waals surface area contributed by atoms with Gasteiger partial charge in [-0.15, -0.1) is 0 Å². The number of carbonyl (C=O) groups excluding carboxylic acids is 1. The number of carbonyl (C=O) groups is 1. The van der Waals surface area contributed by atoms with Crippen molar-refractivity contribution in [3.63, 3.8) is 0 Å². The monoisotopic (exact) mass is 214 g/mol. The van der Waals surface area contributed by atoms with Gasteiger partial charge in [0.1, 0.15) is 0 Å². The zero-order chi connectivity index (χ0) is 7.90. The fraction of sp³-hybridized carbons (Fsp3) is 0.667. The van der Waals surface area contributed by atoms with Crippen molar-refractivity contribution < 1.29 is 4.79 Å². The molecule has 1 saturated carbocycles. The smallest absolute Gasteiger partial charge is 0.157 e. The number of hydrogen-bond donors (Lipinski definition) is 0. The lowest BCUT2D eigenvalue weighted by molar-refractivity contribution is -0.118. The molecule has 0 bridgehead atoms. The fourth-order valence-corrected chi connectivity index (χ4v) is 2.95. The molecule has 0 aromatic carbocycles. The van der Waals surface area contributed by atoms with Gasteiger partial charge in [-0.05, 0) is 35.2 Å². The van der Waals surface area contributed by atoms with Crippen LogP contribution in [0.2, 0.25) is 0 Å². The summed E-state index contributed by atoms with van der Waals surface area (Å²) in [4.78, 5) is 11.2. The second kappa shape index (κ2) is 2.44. The number of ketones is 1. The summed E-state index contributed by atoms with van der Waals surface area (Å²) in [5, 5.41) is 0. The van der Waals surface area contributed by atoms with Crippen LogP contribution in [-0.4, -0.2) is 5.78 Å². The van der Waals surface area contributed by atoms with Crippen LogP contribution in [0.5, 0.6) is 0 Å². The first kappa shape index (κ1) is 7.53. The zero-order valence-corrected chi connectivity index (χ0v) is 7.99. The molecule has 0 N–H and O–H groups in total. The molecule has 2 heteroatoms. The Bertz CT molecular complexity index is 226. The predicted octanol–water partition coefficient (Wildman–Crippen LogP) is 2.80. The van der Waals surface area contributed by atoms with Crippen LogP contribution in [0.1, 0.15) is 32.1 Å². The first-order valence-electron chi connectivity index (χ1n) is 4.09. The number of allylic oxidation sites excluding steroid dienone is 2. The summed E-state index contributed by atoms with van der Waals surface area (Å²) in [7, 11) is 0. The third-order valence-corrected chi connectivity index (χ3v) is 3.33. The molecule has 0 heterocycles. The van der Waals surface area contributed by atoms with Gasteiger partial charge in [0.2, 0.25) is 0 Å². The van der Waals surface area contributed by atoms with Crippen molar-refractivity contribution in [3.05, 3.63) is 10.6 Å². The highest BCUT2D eigenvalue weighted by molar-refractivity contribution is 9.11. The van der Waals surface area contributed by atoms with Crippen molar-refractivity contribution in [1.29, 1.82) is 0 Å². The molecule has 1 fully saturated rings. The predicted molar refractivity (Wildman–Crippen MR) is 47.5 cm³/mol. The Morgan fingerprint density at radius 2 is 2.09 bits per heavy atom. The van der Waals surface area contributed by atoms with Gasteiger partial charge in [-0.25, -0.2) is 0 Å². The first-order chi connectivity index (χ1) is 5.20. The van der Waals surface area contributed by atoms with Crippen molar-refractivity contribution >= 4 is 21.7 Å². The van der Waals surface area contributed by atoms with E-state index in [2.05, 4.69) is 15.9 Å². The van der Waals surface area contributed by atoms with Crippen LogP contribution in [0, 0.1) is 5.41 Å². The van der Waals surface area contributed by atoms with Crippen molar-refractivity contribution in [2.45, 2.75) is 32.1 Å². The Hall–Kier alpha value is -0.110. The molecule has 1 spiro atoms. The quantitative estimate of drug-likeness (QED) is 0.607. The van der Waals surface area contributed by atoms with Crippen LogP contribution in [-0.2, 0) is 4.79 Å². The molecule has 0 unspecified atom stereocenters. The van der Waals surface area contributed by atoms with Crippen LogP contribution >= 0.6 is 15.9 Å². The molecule has 11 heavy (non-hydrogen) atoms. The van der Waals surface area contributed by atoms with E-state index in [1.54, 1.807) is 6.08 Å². The maximum Gasteiger partial charge on any atom is 0.157 e. The van der Waals surface area contributed by atoms with Gasteiger partial charge < -0.3 is 0 Å². The van der Waals surface area contributed by atoms with Crippen LogP contribution in [0.4, 0.5) is 0 Å². The minimum atomic E-state index is 0.308. The molecule has 0 aromatic heterocycles. The topological polar surface area (TPSA) is 17.1 Å². The third-order valence-electron chi connectivity index (χ3n) is 2.82. The van der Waals surface area contributed by atoms with Gasteiger partial charge in [0.15, 0.2) is 5.78 Å². The molecule has 0 radical (unpaired) electrons. The van der Waals surface area contributed by atoms with Gasteiger partial charge >= 0.3 is 0 Å². The Labute approximate surface area is 75.0 Å². The molecular weight excluding hydrogens is 204 g/mol. The van der Waals surface area contributed by atoms with Gasteiger partial charge in [-0.1, -0.05) is 22.4 Å². The van der Waals surface area contributed by atoms with E-state index in [4.69, 9.17) is 0 Å². The van der Waals surface area contributed by atoms with Crippen LogP contribution in [0.15, 0.2) is 10.6 Å². The summed E-state index contributed by atoms with van der Waals surface area (Å²) in [5.41, 5.74) is 0.380. The summed E-state index contributed by atoms with van der Waals surface area (Å²) in [6, 6.07) is 0. The van der Waals surface area contributed by atoms with E-state index < -0.39 is 0 Å². The molecule has 0 amide bonds. The maximum absolute atomic E-state index is 11.2. The third kappa shape index (κ3) is 1.28. The Balaban J connectivity index is 2.18. The van der Waals surface area contributed by atoms with Crippen molar-refractivity contribution in [2.24, 2.45) is 5.41 Å². The molecule has 0 aliphatic heterocycles. The van der Waals surface area contributed by atoms with Gasteiger partial charge in [0, 0.05) is 6.42 Å². The highest BCUT2D eigenvalue weighted by atomic mass is 79.9. The van der Waals surface area contributed by atoms with Gasteiger partial charge in [-0.2, -0.15) is 0 Å². The molecule has 2 aliphatic rings. The minimum absolute atomic E-state index is 0.308. The summed E-state index contributed by atoms with van der Waals surface area (Å²) < 4.78 is 1.11. The van der Waals surface area contributed by atoms with E-state index in [1.165, 1.54) is 19.3 Å². The van der Waals surface area contributed by atoms with E-state index in [0.29, 0.717) is 11.2 Å². The van der Waals surface area contributed by atoms with Crippen LogP contribution < -0.4 is 0 Å². The molecule has 1 nitrogen and oxygen atoms in total. The molecule has 0 saturated heterocycles. The molecule has 2 aliphatic carbocycles. The van der Waals surface area contributed by atoms with Gasteiger partial charge in [0.05, 0.1) is 0 Å². The minimum Gasteiger partial charge on any atom is -0.295 e. The average Bonchev–Trinajstić information content (AvgIpc) is 1.82. The van der Waals surface area contributed by atoms with Crippen molar-refractivity contribution in [2.75, 3.05) is 0 Å². The normalized spacial score (nSPS) is 28.1.